The first kappa shape index (κ1) is 19.3. The fourth-order valence-electron chi connectivity index (χ4n) is 2.22. The van der Waals surface area contributed by atoms with E-state index in [4.69, 9.17) is 11.6 Å². The number of carbonyl (C=O) groups excluding carboxylic acids is 1. The lowest BCUT2D eigenvalue weighted by Crippen LogP contribution is -2.35. The van der Waals surface area contributed by atoms with Crippen molar-refractivity contribution in [3.05, 3.63) is 46.2 Å². The standard InChI is InChI=1S/C14H14ClF2N3O4S/c1-7-12(13(15)20(2)18-7)25(22,23)19-11(14(21)24-3)9-6-8(16)4-5-10(9)17/h4-6,11,19H,1-3H3. The Bertz CT molecular complexity index is 930. The van der Waals surface area contributed by atoms with Gasteiger partial charge in [0.2, 0.25) is 10.0 Å². The number of carbonyl (C=O) groups is 1. The van der Waals surface area contributed by atoms with Crippen molar-refractivity contribution in [2.45, 2.75) is 17.9 Å². The molecular weight excluding hydrogens is 380 g/mol. The van der Waals surface area contributed by atoms with E-state index in [1.165, 1.54) is 14.0 Å². The number of benzene rings is 1. The van der Waals surface area contributed by atoms with Crippen molar-refractivity contribution >= 4 is 27.6 Å². The van der Waals surface area contributed by atoms with E-state index in [2.05, 4.69) is 9.84 Å². The van der Waals surface area contributed by atoms with E-state index in [1.54, 1.807) is 0 Å². The molecule has 1 N–H and O–H groups in total. The Labute approximate surface area is 147 Å². The summed E-state index contributed by atoms with van der Waals surface area (Å²) in [6.45, 7) is 1.40. The van der Waals surface area contributed by atoms with Gasteiger partial charge in [-0.2, -0.15) is 9.82 Å². The smallest absolute Gasteiger partial charge is 0.328 e. The summed E-state index contributed by atoms with van der Waals surface area (Å²) in [6, 6.07) is 0.513. The molecule has 0 amide bonds. The van der Waals surface area contributed by atoms with Gasteiger partial charge in [0.1, 0.15) is 27.7 Å². The molecule has 0 spiro atoms. The molecular formula is C14H14ClF2N3O4S. The van der Waals surface area contributed by atoms with Crippen LogP contribution in [0.2, 0.25) is 5.15 Å². The molecule has 1 aromatic carbocycles. The predicted molar refractivity (Wildman–Crippen MR) is 84.4 cm³/mol. The largest absolute Gasteiger partial charge is 0.468 e. The number of aromatic nitrogens is 2. The van der Waals surface area contributed by atoms with Gasteiger partial charge in [0.25, 0.3) is 0 Å². The van der Waals surface area contributed by atoms with Crippen LogP contribution in [0, 0.1) is 18.6 Å². The summed E-state index contributed by atoms with van der Waals surface area (Å²) >= 11 is 5.93. The molecule has 0 bridgehead atoms. The summed E-state index contributed by atoms with van der Waals surface area (Å²) in [6.07, 6.45) is 0. The second-order valence-corrected chi connectivity index (χ2v) is 7.08. The highest BCUT2D eigenvalue weighted by Gasteiger charge is 2.33. The molecule has 0 fully saturated rings. The van der Waals surface area contributed by atoms with Crippen LogP contribution in [0.4, 0.5) is 8.78 Å². The van der Waals surface area contributed by atoms with Crippen molar-refractivity contribution in [1.82, 2.24) is 14.5 Å². The Balaban J connectivity index is 2.54. The Morgan fingerprint density at radius 1 is 1.40 bits per heavy atom. The maximum Gasteiger partial charge on any atom is 0.328 e. The SMILES string of the molecule is COC(=O)C(NS(=O)(=O)c1c(C)nn(C)c1Cl)c1cc(F)ccc1F. The van der Waals surface area contributed by atoms with Crippen LogP contribution < -0.4 is 4.72 Å². The molecule has 25 heavy (non-hydrogen) atoms. The number of esters is 1. The molecule has 11 heteroatoms. The van der Waals surface area contributed by atoms with Gasteiger partial charge in [-0.15, -0.1) is 0 Å². The van der Waals surface area contributed by atoms with Gasteiger partial charge in [-0.05, 0) is 25.1 Å². The lowest BCUT2D eigenvalue weighted by molar-refractivity contribution is -0.142. The van der Waals surface area contributed by atoms with Crippen LogP contribution >= 0.6 is 11.6 Å². The Hall–Kier alpha value is -2.04. The molecule has 2 rings (SSSR count). The van der Waals surface area contributed by atoms with Crippen molar-refractivity contribution in [3.8, 4) is 0 Å². The minimum Gasteiger partial charge on any atom is -0.468 e. The molecule has 1 aromatic heterocycles. The minimum absolute atomic E-state index is 0.0725. The topological polar surface area (TPSA) is 90.3 Å². The number of hydrogen-bond donors (Lipinski definition) is 1. The third-order valence-electron chi connectivity index (χ3n) is 3.35. The number of rotatable bonds is 5. The van der Waals surface area contributed by atoms with Crippen LogP contribution in [0.15, 0.2) is 23.1 Å². The van der Waals surface area contributed by atoms with Crippen LogP contribution in [0.25, 0.3) is 0 Å². The molecule has 0 saturated carbocycles. The van der Waals surface area contributed by atoms with Crippen LogP contribution in [-0.4, -0.2) is 31.3 Å². The van der Waals surface area contributed by atoms with Crippen molar-refractivity contribution in [3.63, 3.8) is 0 Å². The number of ether oxygens (including phenoxy) is 1. The molecule has 1 heterocycles. The van der Waals surface area contributed by atoms with Crippen molar-refractivity contribution in [1.29, 1.82) is 0 Å². The molecule has 1 atom stereocenters. The van der Waals surface area contributed by atoms with Crippen molar-refractivity contribution in [2.75, 3.05) is 7.11 Å². The van der Waals surface area contributed by atoms with Gasteiger partial charge >= 0.3 is 5.97 Å². The van der Waals surface area contributed by atoms with Gasteiger partial charge in [0.15, 0.2) is 0 Å². The van der Waals surface area contributed by atoms with E-state index in [-0.39, 0.29) is 15.7 Å². The van der Waals surface area contributed by atoms with Gasteiger partial charge < -0.3 is 4.74 Å². The van der Waals surface area contributed by atoms with E-state index in [9.17, 15) is 22.0 Å². The predicted octanol–water partition coefficient (Wildman–Crippen LogP) is 1.85. The van der Waals surface area contributed by atoms with E-state index in [0.29, 0.717) is 6.07 Å². The summed E-state index contributed by atoms with van der Waals surface area (Å²) in [5, 5.41) is 3.67. The zero-order chi connectivity index (χ0) is 18.9. The van der Waals surface area contributed by atoms with Gasteiger partial charge in [-0.1, -0.05) is 11.6 Å². The van der Waals surface area contributed by atoms with Crippen molar-refractivity contribution < 1.29 is 26.7 Å². The fraction of sp³-hybridized carbons (Fsp3) is 0.286. The summed E-state index contributed by atoms with van der Waals surface area (Å²) in [5.41, 5.74) is -0.448. The molecule has 0 aliphatic carbocycles. The van der Waals surface area contributed by atoms with Gasteiger partial charge in [-0.3, -0.25) is 4.68 Å². The Morgan fingerprint density at radius 3 is 2.56 bits per heavy atom. The maximum absolute atomic E-state index is 14.0. The number of nitrogens with zero attached hydrogens (tertiary/aromatic N) is 2. The summed E-state index contributed by atoms with van der Waals surface area (Å²) in [7, 11) is -1.97. The average Bonchev–Trinajstić information content (AvgIpc) is 2.80. The zero-order valence-electron chi connectivity index (χ0n) is 13.4. The third-order valence-corrected chi connectivity index (χ3v) is 5.47. The Kier molecular flexibility index (Phi) is 5.45. The van der Waals surface area contributed by atoms with Crippen LogP contribution in [0.1, 0.15) is 17.3 Å². The first-order chi connectivity index (χ1) is 11.6. The first-order valence-electron chi connectivity index (χ1n) is 6.82. The van der Waals surface area contributed by atoms with E-state index < -0.39 is 39.2 Å². The third kappa shape index (κ3) is 3.80. The lowest BCUT2D eigenvalue weighted by Gasteiger charge is -2.17. The summed E-state index contributed by atoms with van der Waals surface area (Å²) < 4.78 is 60.3. The zero-order valence-corrected chi connectivity index (χ0v) is 15.0. The quantitative estimate of drug-likeness (QED) is 0.783. The number of methoxy groups -OCH3 is 1. The van der Waals surface area contributed by atoms with E-state index >= 15 is 0 Å². The molecule has 7 nitrogen and oxygen atoms in total. The van der Waals surface area contributed by atoms with E-state index in [1.807, 2.05) is 4.72 Å². The van der Waals surface area contributed by atoms with Crippen LogP contribution in [0.5, 0.6) is 0 Å². The fourth-order valence-corrected chi connectivity index (χ4v) is 4.14. The maximum atomic E-state index is 14.0. The van der Waals surface area contributed by atoms with Crippen molar-refractivity contribution in [2.24, 2.45) is 7.05 Å². The number of halogens is 3. The average molecular weight is 394 g/mol. The first-order valence-corrected chi connectivity index (χ1v) is 8.68. The number of sulfonamides is 1. The minimum atomic E-state index is -4.39. The highest BCUT2D eigenvalue weighted by Crippen LogP contribution is 2.27. The monoisotopic (exact) mass is 393 g/mol. The van der Waals surface area contributed by atoms with Gasteiger partial charge in [-0.25, -0.2) is 22.0 Å². The van der Waals surface area contributed by atoms with Crippen LogP contribution in [0.3, 0.4) is 0 Å². The highest BCUT2D eigenvalue weighted by molar-refractivity contribution is 7.89. The molecule has 0 radical (unpaired) electrons. The normalized spacial score (nSPS) is 12.9. The number of nitrogens with one attached hydrogen (secondary N) is 1. The molecule has 0 saturated heterocycles. The van der Waals surface area contributed by atoms with Gasteiger partial charge in [0, 0.05) is 12.6 Å². The van der Waals surface area contributed by atoms with E-state index in [0.717, 1.165) is 23.9 Å². The number of hydrogen-bond acceptors (Lipinski definition) is 5. The second-order valence-electron chi connectivity index (χ2n) is 5.07. The number of aryl methyl sites for hydroxylation is 2. The Morgan fingerprint density at radius 2 is 2.04 bits per heavy atom. The highest BCUT2D eigenvalue weighted by atomic mass is 35.5. The molecule has 0 aliphatic rings. The summed E-state index contributed by atoms with van der Waals surface area (Å²) in [4.78, 5) is 11.6. The lowest BCUT2D eigenvalue weighted by atomic mass is 10.1. The molecule has 136 valence electrons. The molecule has 2 aromatic rings. The summed E-state index contributed by atoms with van der Waals surface area (Å²) in [5.74, 6) is -2.95. The van der Waals surface area contributed by atoms with Crippen LogP contribution in [-0.2, 0) is 26.6 Å². The second kappa shape index (κ2) is 7.06. The van der Waals surface area contributed by atoms with Gasteiger partial charge in [0.05, 0.1) is 12.8 Å². The molecule has 0 aliphatic heterocycles. The molecule has 1 unspecified atom stereocenters.